The largest absolute Gasteiger partial charge is 0.456 e. The van der Waals surface area contributed by atoms with Crippen molar-refractivity contribution in [1.29, 1.82) is 0 Å². The maximum atomic E-state index is 6.29. The number of aryl methyl sites for hydroxylation is 2. The first kappa shape index (κ1) is 22.9. The molecule has 0 saturated heterocycles. The number of thiazole rings is 1. The van der Waals surface area contributed by atoms with Gasteiger partial charge in [-0.05, 0) is 68.7 Å². The van der Waals surface area contributed by atoms with Gasteiger partial charge in [0.25, 0.3) is 0 Å². The second-order valence-electron chi connectivity index (χ2n) is 9.82. The Morgan fingerprint density at radius 3 is 2.71 bits per heavy atom. The lowest BCUT2D eigenvalue weighted by atomic mass is 9.69. The standard InChI is InChI=1S/C28H34N4OS/c1-18-11-14-25(19(2)15-18)33-26-10-6-5-9-23(26)24-17-34-28(31-24)32-27(29)30-22-13-12-20-7-3-4-8-21(20)16-22/h5-6,9-11,14-15,17,20-22H,3-4,7-8,12-13,16H2,1-2H3,(H3,29,30,31,32). The molecule has 1 heterocycles. The summed E-state index contributed by atoms with van der Waals surface area (Å²) in [7, 11) is 0. The average Bonchev–Trinajstić information content (AvgIpc) is 3.29. The van der Waals surface area contributed by atoms with Gasteiger partial charge in [0.05, 0.1) is 11.7 Å². The number of hydrogen-bond acceptors (Lipinski definition) is 4. The molecule has 3 unspecified atom stereocenters. The van der Waals surface area contributed by atoms with Gasteiger partial charge in [-0.2, -0.15) is 0 Å². The topological polar surface area (TPSA) is 72.5 Å². The predicted octanol–water partition coefficient (Wildman–Crippen LogP) is 7.30. The third kappa shape index (κ3) is 5.27. The van der Waals surface area contributed by atoms with E-state index in [1.54, 1.807) is 0 Å². The van der Waals surface area contributed by atoms with Gasteiger partial charge in [-0.25, -0.2) is 9.98 Å². The number of nitrogens with zero attached hydrogens (tertiary/aromatic N) is 2. The molecule has 0 aliphatic heterocycles. The summed E-state index contributed by atoms with van der Waals surface area (Å²) in [5.41, 5.74) is 10.4. The van der Waals surface area contributed by atoms with Gasteiger partial charge in [0.2, 0.25) is 0 Å². The first-order chi connectivity index (χ1) is 16.5. The highest BCUT2D eigenvalue weighted by Gasteiger charge is 2.32. The van der Waals surface area contributed by atoms with Crippen molar-refractivity contribution in [3.63, 3.8) is 0 Å². The number of guanidine groups is 1. The monoisotopic (exact) mass is 474 g/mol. The third-order valence-corrected chi connectivity index (χ3v) is 8.04. The number of nitrogens with two attached hydrogens (primary N) is 1. The van der Waals surface area contributed by atoms with E-state index in [0.29, 0.717) is 12.0 Å². The van der Waals surface area contributed by atoms with Crippen molar-refractivity contribution in [2.45, 2.75) is 64.8 Å². The summed E-state index contributed by atoms with van der Waals surface area (Å²) in [5, 5.41) is 6.02. The van der Waals surface area contributed by atoms with E-state index in [-0.39, 0.29) is 0 Å². The first-order valence-corrected chi connectivity index (χ1v) is 13.3. The van der Waals surface area contributed by atoms with Crippen LogP contribution in [0, 0.1) is 25.7 Å². The minimum absolute atomic E-state index is 0.332. The minimum Gasteiger partial charge on any atom is -0.456 e. The Balaban J connectivity index is 1.27. The van der Waals surface area contributed by atoms with E-state index in [2.05, 4.69) is 31.3 Å². The van der Waals surface area contributed by atoms with E-state index in [1.807, 2.05) is 35.7 Å². The normalized spacial score (nSPS) is 22.8. The maximum absolute atomic E-state index is 6.29. The smallest absolute Gasteiger partial charge is 0.195 e. The van der Waals surface area contributed by atoms with Crippen molar-refractivity contribution in [1.82, 2.24) is 4.98 Å². The summed E-state index contributed by atoms with van der Waals surface area (Å²) in [5.74, 6) is 3.87. The highest BCUT2D eigenvalue weighted by atomic mass is 32.1. The Hall–Kier alpha value is -2.86. The molecule has 178 valence electrons. The van der Waals surface area contributed by atoms with Crippen molar-refractivity contribution in [3.8, 4) is 22.8 Å². The zero-order valence-electron chi connectivity index (χ0n) is 20.1. The van der Waals surface area contributed by atoms with Crippen LogP contribution in [0.3, 0.4) is 0 Å². The molecule has 0 amide bonds. The molecular formula is C28H34N4OS. The zero-order chi connectivity index (χ0) is 23.5. The van der Waals surface area contributed by atoms with Crippen molar-refractivity contribution in [3.05, 3.63) is 59.0 Å². The first-order valence-electron chi connectivity index (χ1n) is 12.5. The lowest BCUT2D eigenvalue weighted by Gasteiger charge is -2.38. The summed E-state index contributed by atoms with van der Waals surface area (Å²) in [6.45, 7) is 4.16. The van der Waals surface area contributed by atoms with Crippen LogP contribution in [0.5, 0.6) is 11.5 Å². The van der Waals surface area contributed by atoms with E-state index in [1.165, 1.54) is 55.4 Å². The van der Waals surface area contributed by atoms with Gasteiger partial charge in [0, 0.05) is 10.9 Å². The van der Waals surface area contributed by atoms with Crippen LogP contribution < -0.4 is 15.8 Å². The molecule has 0 spiro atoms. The minimum atomic E-state index is 0.332. The number of para-hydroxylation sites is 1. The predicted molar refractivity (Wildman–Crippen MR) is 142 cm³/mol. The summed E-state index contributed by atoms with van der Waals surface area (Å²) in [6.07, 6.45) is 9.18. The highest BCUT2D eigenvalue weighted by molar-refractivity contribution is 7.14. The molecule has 2 aliphatic carbocycles. The van der Waals surface area contributed by atoms with Crippen LogP contribution in [-0.4, -0.2) is 17.0 Å². The summed E-state index contributed by atoms with van der Waals surface area (Å²) in [6, 6.07) is 14.6. The molecule has 3 N–H and O–H groups in total. The Labute approximate surface area is 206 Å². The Bertz CT molecular complexity index is 1170. The van der Waals surface area contributed by atoms with Crippen molar-refractivity contribution in [2.75, 3.05) is 5.32 Å². The van der Waals surface area contributed by atoms with Crippen molar-refractivity contribution in [2.24, 2.45) is 22.6 Å². The number of rotatable bonds is 5. The fourth-order valence-electron chi connectivity index (χ4n) is 5.56. The van der Waals surface area contributed by atoms with Gasteiger partial charge in [0.15, 0.2) is 11.1 Å². The molecule has 2 fully saturated rings. The number of benzene rings is 2. The molecule has 5 nitrogen and oxygen atoms in total. The molecule has 6 heteroatoms. The second-order valence-corrected chi connectivity index (χ2v) is 10.7. The molecule has 1 aromatic heterocycles. The number of nitrogens with one attached hydrogen (secondary N) is 1. The Morgan fingerprint density at radius 1 is 1.03 bits per heavy atom. The molecule has 2 aliphatic rings. The van der Waals surface area contributed by atoms with Gasteiger partial charge in [-0.1, -0.05) is 55.5 Å². The molecule has 2 saturated carbocycles. The number of aliphatic imine (C=N–C) groups is 1. The SMILES string of the molecule is Cc1ccc(Oc2ccccc2-c2csc(NC(N)=NC3CCC4CCCCC4C3)n2)c(C)c1. The van der Waals surface area contributed by atoms with Crippen LogP contribution in [0.25, 0.3) is 11.3 Å². The summed E-state index contributed by atoms with van der Waals surface area (Å²) in [4.78, 5) is 9.60. The van der Waals surface area contributed by atoms with Gasteiger partial charge in [0.1, 0.15) is 11.5 Å². The average molecular weight is 475 g/mol. The van der Waals surface area contributed by atoms with E-state index in [0.717, 1.165) is 51.7 Å². The van der Waals surface area contributed by atoms with Gasteiger partial charge in [-0.3, -0.25) is 0 Å². The van der Waals surface area contributed by atoms with Gasteiger partial charge in [-0.15, -0.1) is 11.3 Å². The molecule has 0 bridgehead atoms. The number of ether oxygens (including phenoxy) is 1. The fourth-order valence-corrected chi connectivity index (χ4v) is 6.28. The summed E-state index contributed by atoms with van der Waals surface area (Å²) >= 11 is 1.53. The second kappa shape index (κ2) is 10.2. The fraction of sp³-hybridized carbons (Fsp3) is 0.429. The number of aromatic nitrogens is 1. The van der Waals surface area contributed by atoms with Gasteiger partial charge >= 0.3 is 0 Å². The van der Waals surface area contributed by atoms with Crippen LogP contribution in [0.1, 0.15) is 56.1 Å². The van der Waals surface area contributed by atoms with Crippen LogP contribution in [-0.2, 0) is 0 Å². The van der Waals surface area contributed by atoms with E-state index in [4.69, 9.17) is 20.4 Å². The lowest BCUT2D eigenvalue weighted by Crippen LogP contribution is -2.32. The lowest BCUT2D eigenvalue weighted by molar-refractivity contribution is 0.157. The van der Waals surface area contributed by atoms with Crippen molar-refractivity contribution >= 4 is 22.4 Å². The van der Waals surface area contributed by atoms with Crippen LogP contribution in [0.2, 0.25) is 0 Å². The Kier molecular flexibility index (Phi) is 6.86. The zero-order valence-corrected chi connectivity index (χ0v) is 20.9. The number of fused-ring (bicyclic) bond motifs is 1. The number of anilines is 1. The molecule has 3 atom stereocenters. The van der Waals surface area contributed by atoms with Crippen LogP contribution >= 0.6 is 11.3 Å². The molecule has 5 rings (SSSR count). The van der Waals surface area contributed by atoms with E-state index in [9.17, 15) is 0 Å². The van der Waals surface area contributed by atoms with Crippen LogP contribution in [0.4, 0.5) is 5.13 Å². The molecule has 34 heavy (non-hydrogen) atoms. The highest BCUT2D eigenvalue weighted by Crippen LogP contribution is 2.41. The van der Waals surface area contributed by atoms with Crippen LogP contribution in [0.15, 0.2) is 52.8 Å². The maximum Gasteiger partial charge on any atom is 0.195 e. The van der Waals surface area contributed by atoms with E-state index < -0.39 is 0 Å². The quantitative estimate of drug-likeness (QED) is 0.300. The molecular weight excluding hydrogens is 440 g/mol. The molecule has 2 aromatic carbocycles. The Morgan fingerprint density at radius 2 is 1.85 bits per heavy atom. The van der Waals surface area contributed by atoms with Gasteiger partial charge < -0.3 is 15.8 Å². The summed E-state index contributed by atoms with van der Waals surface area (Å²) < 4.78 is 6.28. The van der Waals surface area contributed by atoms with Crippen molar-refractivity contribution < 1.29 is 4.74 Å². The third-order valence-electron chi connectivity index (χ3n) is 7.29. The molecule has 0 radical (unpaired) electrons. The van der Waals surface area contributed by atoms with E-state index >= 15 is 0 Å². The molecule has 3 aromatic rings. The number of hydrogen-bond donors (Lipinski definition) is 2.